The summed E-state index contributed by atoms with van der Waals surface area (Å²) in [6.07, 6.45) is 0.689. The molecular weight excluding hydrogens is 288 g/mol. The number of nitrogens with two attached hydrogens (primary N) is 1. The van der Waals surface area contributed by atoms with Crippen LogP contribution in [0.2, 0.25) is 0 Å². The molecular formula is C14H18N4O2S. The molecule has 0 saturated heterocycles. The molecule has 7 heteroatoms. The maximum absolute atomic E-state index is 10.9. The first kappa shape index (κ1) is 15.5. The second-order valence-electron chi connectivity index (χ2n) is 4.46. The highest BCUT2D eigenvalue weighted by Gasteiger charge is 2.13. The molecule has 0 unspecified atom stereocenters. The summed E-state index contributed by atoms with van der Waals surface area (Å²) in [4.78, 5) is 10.9. The van der Waals surface area contributed by atoms with Crippen LogP contribution in [0.15, 0.2) is 35.5 Å². The Hall–Kier alpha value is -1.86. The smallest absolute Gasteiger partial charge is 0.227 e. The second kappa shape index (κ2) is 7.80. The summed E-state index contributed by atoms with van der Waals surface area (Å²) in [6, 6.07) is 10.1. The van der Waals surface area contributed by atoms with Gasteiger partial charge < -0.3 is 15.0 Å². The summed E-state index contributed by atoms with van der Waals surface area (Å²) in [5, 5.41) is 9.07. The zero-order chi connectivity index (χ0) is 15.1. The SMILES string of the molecule is COCCn1c(Cc2ccccc2)nnc1SCC(N)=O. The number of carbonyl (C=O) groups excluding carboxylic acids is 1. The molecule has 1 amide bonds. The molecule has 0 aliphatic carbocycles. The van der Waals surface area contributed by atoms with E-state index in [1.807, 2.05) is 34.9 Å². The second-order valence-corrected chi connectivity index (χ2v) is 5.40. The van der Waals surface area contributed by atoms with Crippen LogP contribution >= 0.6 is 11.8 Å². The number of carbonyl (C=O) groups is 1. The van der Waals surface area contributed by atoms with E-state index in [9.17, 15) is 4.79 Å². The Kier molecular flexibility index (Phi) is 5.77. The third-order valence-corrected chi connectivity index (χ3v) is 3.85. The number of aromatic nitrogens is 3. The van der Waals surface area contributed by atoms with Crippen molar-refractivity contribution in [3.63, 3.8) is 0 Å². The van der Waals surface area contributed by atoms with Gasteiger partial charge in [0, 0.05) is 20.1 Å². The number of ether oxygens (including phenoxy) is 1. The van der Waals surface area contributed by atoms with Crippen LogP contribution in [0.1, 0.15) is 11.4 Å². The average Bonchev–Trinajstić information content (AvgIpc) is 2.86. The van der Waals surface area contributed by atoms with E-state index in [1.165, 1.54) is 11.8 Å². The van der Waals surface area contributed by atoms with Crippen LogP contribution < -0.4 is 5.73 Å². The van der Waals surface area contributed by atoms with Crippen LogP contribution in [0.4, 0.5) is 0 Å². The molecule has 2 N–H and O–H groups in total. The Morgan fingerprint density at radius 1 is 1.33 bits per heavy atom. The maximum atomic E-state index is 10.9. The average molecular weight is 306 g/mol. The fourth-order valence-corrected chi connectivity index (χ4v) is 2.60. The van der Waals surface area contributed by atoms with Gasteiger partial charge in [-0.05, 0) is 5.56 Å². The van der Waals surface area contributed by atoms with Crippen molar-refractivity contribution in [1.82, 2.24) is 14.8 Å². The molecule has 0 atom stereocenters. The Morgan fingerprint density at radius 3 is 2.76 bits per heavy atom. The summed E-state index contributed by atoms with van der Waals surface area (Å²) in [5.74, 6) is 0.673. The number of hydrogen-bond acceptors (Lipinski definition) is 5. The van der Waals surface area contributed by atoms with Crippen LogP contribution in [0.5, 0.6) is 0 Å². The van der Waals surface area contributed by atoms with Gasteiger partial charge in [0.25, 0.3) is 0 Å². The van der Waals surface area contributed by atoms with E-state index in [0.717, 1.165) is 11.4 Å². The van der Waals surface area contributed by atoms with Crippen LogP contribution in [-0.4, -0.2) is 40.1 Å². The summed E-state index contributed by atoms with van der Waals surface area (Å²) in [7, 11) is 1.65. The van der Waals surface area contributed by atoms with E-state index in [2.05, 4.69) is 10.2 Å². The van der Waals surface area contributed by atoms with Gasteiger partial charge in [-0.25, -0.2) is 0 Å². The molecule has 0 radical (unpaired) electrons. The van der Waals surface area contributed by atoms with Gasteiger partial charge in [-0.3, -0.25) is 4.79 Å². The largest absolute Gasteiger partial charge is 0.383 e. The number of primary amides is 1. The van der Waals surface area contributed by atoms with Gasteiger partial charge in [0.05, 0.1) is 12.4 Å². The number of thioether (sulfide) groups is 1. The molecule has 2 rings (SSSR count). The first-order chi connectivity index (χ1) is 10.2. The van der Waals surface area contributed by atoms with E-state index < -0.39 is 0 Å². The Labute approximate surface area is 127 Å². The van der Waals surface area contributed by atoms with E-state index >= 15 is 0 Å². The number of benzene rings is 1. The lowest BCUT2D eigenvalue weighted by molar-refractivity contribution is -0.115. The summed E-state index contributed by atoms with van der Waals surface area (Å²) in [5.41, 5.74) is 6.34. The van der Waals surface area contributed by atoms with Gasteiger partial charge >= 0.3 is 0 Å². The van der Waals surface area contributed by atoms with Gasteiger partial charge in [-0.1, -0.05) is 42.1 Å². The molecule has 0 saturated carbocycles. The first-order valence-corrected chi connectivity index (χ1v) is 7.55. The van der Waals surface area contributed by atoms with E-state index in [1.54, 1.807) is 7.11 Å². The topological polar surface area (TPSA) is 83.0 Å². The molecule has 1 aromatic heterocycles. The summed E-state index contributed by atoms with van der Waals surface area (Å²) >= 11 is 1.30. The molecule has 0 aliphatic rings. The Balaban J connectivity index is 2.17. The maximum Gasteiger partial charge on any atom is 0.227 e. The van der Waals surface area contributed by atoms with Gasteiger partial charge in [0.15, 0.2) is 5.16 Å². The monoisotopic (exact) mass is 306 g/mol. The van der Waals surface area contributed by atoms with Crippen molar-refractivity contribution in [2.75, 3.05) is 19.5 Å². The number of hydrogen-bond donors (Lipinski definition) is 1. The lowest BCUT2D eigenvalue weighted by Gasteiger charge is -2.09. The van der Waals surface area contributed by atoms with Crippen molar-refractivity contribution < 1.29 is 9.53 Å². The Bertz CT molecular complexity index is 586. The molecule has 1 aromatic carbocycles. The van der Waals surface area contributed by atoms with E-state index in [0.29, 0.717) is 24.7 Å². The highest BCUT2D eigenvalue weighted by Crippen LogP contribution is 2.18. The minimum absolute atomic E-state index is 0.191. The highest BCUT2D eigenvalue weighted by molar-refractivity contribution is 7.99. The van der Waals surface area contributed by atoms with Crippen molar-refractivity contribution in [2.24, 2.45) is 5.73 Å². The number of methoxy groups -OCH3 is 1. The van der Waals surface area contributed by atoms with Gasteiger partial charge in [0.2, 0.25) is 5.91 Å². The normalized spacial score (nSPS) is 10.7. The van der Waals surface area contributed by atoms with Crippen molar-refractivity contribution in [1.29, 1.82) is 0 Å². The molecule has 0 bridgehead atoms. The predicted molar refractivity (Wildman–Crippen MR) is 81.1 cm³/mol. The lowest BCUT2D eigenvalue weighted by atomic mass is 10.1. The molecule has 0 spiro atoms. The number of nitrogens with zero attached hydrogens (tertiary/aromatic N) is 3. The molecule has 21 heavy (non-hydrogen) atoms. The minimum Gasteiger partial charge on any atom is -0.383 e. The third kappa shape index (κ3) is 4.57. The van der Waals surface area contributed by atoms with Crippen LogP contribution in [0, 0.1) is 0 Å². The summed E-state index contributed by atoms with van der Waals surface area (Å²) in [6.45, 7) is 1.21. The van der Waals surface area contributed by atoms with Gasteiger partial charge in [-0.2, -0.15) is 0 Å². The van der Waals surface area contributed by atoms with Crippen molar-refractivity contribution in [3.05, 3.63) is 41.7 Å². The molecule has 2 aromatic rings. The van der Waals surface area contributed by atoms with Crippen LogP contribution in [0.25, 0.3) is 0 Å². The van der Waals surface area contributed by atoms with Crippen LogP contribution in [0.3, 0.4) is 0 Å². The molecule has 112 valence electrons. The minimum atomic E-state index is -0.370. The summed E-state index contributed by atoms with van der Waals surface area (Å²) < 4.78 is 7.10. The van der Waals surface area contributed by atoms with Crippen molar-refractivity contribution >= 4 is 17.7 Å². The number of amides is 1. The fourth-order valence-electron chi connectivity index (χ4n) is 1.88. The zero-order valence-corrected chi connectivity index (χ0v) is 12.7. The lowest BCUT2D eigenvalue weighted by Crippen LogP contribution is -2.15. The van der Waals surface area contributed by atoms with Crippen molar-refractivity contribution in [3.8, 4) is 0 Å². The molecule has 1 heterocycles. The van der Waals surface area contributed by atoms with Gasteiger partial charge in [0.1, 0.15) is 5.82 Å². The highest BCUT2D eigenvalue weighted by atomic mass is 32.2. The Morgan fingerprint density at radius 2 is 2.10 bits per heavy atom. The fraction of sp³-hybridized carbons (Fsp3) is 0.357. The molecule has 0 aliphatic heterocycles. The molecule has 6 nitrogen and oxygen atoms in total. The van der Waals surface area contributed by atoms with Gasteiger partial charge in [-0.15, -0.1) is 10.2 Å². The predicted octanol–water partition coefficient (Wildman–Crippen LogP) is 1.09. The van der Waals surface area contributed by atoms with E-state index in [-0.39, 0.29) is 11.7 Å². The quantitative estimate of drug-likeness (QED) is 0.738. The van der Waals surface area contributed by atoms with Crippen molar-refractivity contribution in [2.45, 2.75) is 18.1 Å². The molecule has 0 fully saturated rings. The van der Waals surface area contributed by atoms with Crippen LogP contribution in [-0.2, 0) is 22.5 Å². The first-order valence-electron chi connectivity index (χ1n) is 6.56. The van der Waals surface area contributed by atoms with E-state index in [4.69, 9.17) is 10.5 Å². The standard InChI is InChI=1S/C14H18N4O2S/c1-20-8-7-18-13(9-11-5-3-2-4-6-11)16-17-14(18)21-10-12(15)19/h2-6H,7-10H2,1H3,(H2,15,19). The number of rotatable bonds is 8. The zero-order valence-electron chi connectivity index (χ0n) is 11.9. The third-order valence-electron chi connectivity index (χ3n) is 2.86.